The molecule has 0 heterocycles. The third kappa shape index (κ3) is 7.14. The molecule has 2 aromatic carbocycles. The van der Waals surface area contributed by atoms with Gasteiger partial charge < -0.3 is 16.0 Å². The molecule has 8 heteroatoms. The van der Waals surface area contributed by atoms with E-state index in [1.165, 1.54) is 5.56 Å². The van der Waals surface area contributed by atoms with Crippen molar-refractivity contribution in [3.8, 4) is 0 Å². The highest BCUT2D eigenvalue weighted by atomic mass is 19.2. The van der Waals surface area contributed by atoms with Crippen LogP contribution in [0.15, 0.2) is 47.5 Å². The molecule has 1 unspecified atom stereocenters. The number of carbonyl (C=O) groups is 1. The summed E-state index contributed by atoms with van der Waals surface area (Å²) in [5.41, 5.74) is 0.800. The zero-order valence-corrected chi connectivity index (χ0v) is 16.4. The molecule has 0 saturated carbocycles. The van der Waals surface area contributed by atoms with E-state index < -0.39 is 29.0 Å². The number of hydrogen-bond donors (Lipinski definition) is 3. The van der Waals surface area contributed by atoms with E-state index in [4.69, 9.17) is 0 Å². The molecule has 0 bridgehead atoms. The molecule has 1 amide bonds. The Kier molecular flexibility index (Phi) is 8.51. The fraction of sp³-hybridized carbons (Fsp3) is 0.333. The number of amides is 1. The predicted octanol–water partition coefficient (Wildman–Crippen LogP) is 3.62. The topological polar surface area (TPSA) is 65.5 Å². The molecular formula is C21H25F3N4O. The second kappa shape index (κ2) is 11.1. The maximum absolute atomic E-state index is 13.6. The van der Waals surface area contributed by atoms with Gasteiger partial charge in [0.25, 0.3) is 0 Å². The summed E-state index contributed by atoms with van der Waals surface area (Å²) in [5, 5.41) is 8.44. The summed E-state index contributed by atoms with van der Waals surface area (Å²) in [7, 11) is 0. The number of carbonyl (C=O) groups excluding carboxylic acids is 1. The maximum atomic E-state index is 13.6. The number of guanidine groups is 1. The van der Waals surface area contributed by atoms with Crippen LogP contribution in [0, 0.1) is 17.5 Å². The van der Waals surface area contributed by atoms with Gasteiger partial charge in [-0.05, 0) is 44.4 Å². The first-order chi connectivity index (χ1) is 13.9. The van der Waals surface area contributed by atoms with Gasteiger partial charge in [-0.2, -0.15) is 0 Å². The molecule has 0 aliphatic rings. The molecule has 0 fully saturated rings. The fourth-order valence-corrected chi connectivity index (χ4v) is 2.62. The molecule has 2 aromatic rings. The van der Waals surface area contributed by atoms with Crippen molar-refractivity contribution in [1.29, 1.82) is 0 Å². The van der Waals surface area contributed by atoms with Crippen LogP contribution in [0.2, 0.25) is 0 Å². The number of aryl methyl sites for hydroxylation is 1. The smallest absolute Gasteiger partial charge is 0.246 e. The van der Waals surface area contributed by atoms with E-state index in [0.717, 1.165) is 25.0 Å². The number of rotatable bonds is 8. The van der Waals surface area contributed by atoms with Crippen LogP contribution in [0.4, 0.5) is 18.9 Å². The van der Waals surface area contributed by atoms with Crippen LogP contribution in [-0.4, -0.2) is 31.0 Å². The SMILES string of the molecule is CCNC(=NCC(=O)Nc1ccc(F)c(F)c1F)NC(C)CCc1ccccc1. The van der Waals surface area contributed by atoms with Gasteiger partial charge in [-0.1, -0.05) is 30.3 Å². The van der Waals surface area contributed by atoms with Crippen molar-refractivity contribution in [2.24, 2.45) is 4.99 Å². The van der Waals surface area contributed by atoms with Crippen LogP contribution >= 0.6 is 0 Å². The van der Waals surface area contributed by atoms with Crippen molar-refractivity contribution < 1.29 is 18.0 Å². The highest BCUT2D eigenvalue weighted by Crippen LogP contribution is 2.19. The molecule has 0 aromatic heterocycles. The van der Waals surface area contributed by atoms with Crippen LogP contribution in [0.3, 0.4) is 0 Å². The van der Waals surface area contributed by atoms with Crippen LogP contribution in [0.25, 0.3) is 0 Å². The van der Waals surface area contributed by atoms with Crippen LogP contribution in [0.5, 0.6) is 0 Å². The minimum absolute atomic E-state index is 0.0970. The van der Waals surface area contributed by atoms with Gasteiger partial charge in [-0.3, -0.25) is 4.79 Å². The first-order valence-corrected chi connectivity index (χ1v) is 9.42. The van der Waals surface area contributed by atoms with Crippen LogP contribution in [-0.2, 0) is 11.2 Å². The van der Waals surface area contributed by atoms with Gasteiger partial charge in [0.1, 0.15) is 6.54 Å². The molecule has 1 atom stereocenters. The quantitative estimate of drug-likeness (QED) is 0.356. The summed E-state index contributed by atoms with van der Waals surface area (Å²) in [6.45, 7) is 4.19. The van der Waals surface area contributed by atoms with Gasteiger partial charge in [0, 0.05) is 12.6 Å². The fourth-order valence-electron chi connectivity index (χ4n) is 2.62. The first-order valence-electron chi connectivity index (χ1n) is 9.42. The van der Waals surface area contributed by atoms with E-state index in [9.17, 15) is 18.0 Å². The highest BCUT2D eigenvalue weighted by Gasteiger charge is 2.15. The monoisotopic (exact) mass is 406 g/mol. The van der Waals surface area contributed by atoms with Crippen LogP contribution < -0.4 is 16.0 Å². The average Bonchev–Trinajstić information content (AvgIpc) is 2.72. The van der Waals surface area contributed by atoms with Crippen molar-refractivity contribution in [3.63, 3.8) is 0 Å². The molecule has 0 aliphatic heterocycles. The predicted molar refractivity (Wildman–Crippen MR) is 108 cm³/mol. The largest absolute Gasteiger partial charge is 0.357 e. The Labute approximate surface area is 168 Å². The average molecular weight is 406 g/mol. The van der Waals surface area contributed by atoms with Crippen molar-refractivity contribution in [1.82, 2.24) is 10.6 Å². The van der Waals surface area contributed by atoms with Crippen molar-refractivity contribution in [2.45, 2.75) is 32.7 Å². The van der Waals surface area contributed by atoms with Crippen molar-refractivity contribution in [2.75, 3.05) is 18.4 Å². The minimum atomic E-state index is -1.63. The van der Waals surface area contributed by atoms with Gasteiger partial charge >= 0.3 is 0 Å². The van der Waals surface area contributed by atoms with E-state index in [1.54, 1.807) is 0 Å². The second-order valence-corrected chi connectivity index (χ2v) is 6.54. The molecule has 0 radical (unpaired) electrons. The highest BCUT2D eigenvalue weighted by molar-refractivity contribution is 5.94. The number of halogens is 3. The summed E-state index contributed by atoms with van der Waals surface area (Å²) in [4.78, 5) is 16.2. The lowest BCUT2D eigenvalue weighted by Gasteiger charge is -2.18. The Hall–Kier alpha value is -3.03. The Morgan fingerprint density at radius 1 is 1.07 bits per heavy atom. The number of benzene rings is 2. The molecule has 3 N–H and O–H groups in total. The summed E-state index contributed by atoms with van der Waals surface area (Å²) >= 11 is 0. The normalized spacial score (nSPS) is 12.4. The van der Waals surface area contributed by atoms with Gasteiger partial charge in [0.15, 0.2) is 23.4 Å². The summed E-state index contributed by atoms with van der Waals surface area (Å²) in [6, 6.07) is 11.9. The lowest BCUT2D eigenvalue weighted by Crippen LogP contribution is -2.42. The van der Waals surface area contributed by atoms with Crippen molar-refractivity contribution >= 4 is 17.6 Å². The molecule has 0 spiro atoms. The molecular weight excluding hydrogens is 381 g/mol. The molecule has 0 aliphatic carbocycles. The van der Waals surface area contributed by atoms with Gasteiger partial charge in [0.05, 0.1) is 5.69 Å². The second-order valence-electron chi connectivity index (χ2n) is 6.54. The van der Waals surface area contributed by atoms with E-state index in [1.807, 2.05) is 32.0 Å². The number of nitrogens with zero attached hydrogens (tertiary/aromatic N) is 1. The van der Waals surface area contributed by atoms with Crippen molar-refractivity contribution in [3.05, 3.63) is 65.5 Å². The number of aliphatic imine (C=N–C) groups is 1. The Balaban J connectivity index is 1.90. The van der Waals surface area contributed by atoms with E-state index in [2.05, 4.69) is 33.1 Å². The maximum Gasteiger partial charge on any atom is 0.246 e. The lowest BCUT2D eigenvalue weighted by atomic mass is 10.1. The molecule has 0 saturated heterocycles. The van der Waals surface area contributed by atoms with E-state index in [0.29, 0.717) is 12.5 Å². The zero-order valence-electron chi connectivity index (χ0n) is 16.4. The number of hydrogen-bond acceptors (Lipinski definition) is 2. The van der Waals surface area contributed by atoms with Gasteiger partial charge in [0.2, 0.25) is 5.91 Å². The summed E-state index contributed by atoms with van der Waals surface area (Å²) < 4.78 is 39.9. The van der Waals surface area contributed by atoms with Crippen LogP contribution in [0.1, 0.15) is 25.8 Å². The third-order valence-corrected chi connectivity index (χ3v) is 4.13. The molecule has 156 valence electrons. The zero-order chi connectivity index (χ0) is 21.2. The Morgan fingerprint density at radius 3 is 2.48 bits per heavy atom. The molecule has 29 heavy (non-hydrogen) atoms. The number of nitrogens with one attached hydrogen (secondary N) is 3. The Bertz CT molecular complexity index is 843. The van der Waals surface area contributed by atoms with Gasteiger partial charge in [-0.15, -0.1) is 0 Å². The molecule has 2 rings (SSSR count). The van der Waals surface area contributed by atoms with E-state index in [-0.39, 0.29) is 12.6 Å². The first kappa shape index (κ1) is 22.3. The third-order valence-electron chi connectivity index (χ3n) is 4.13. The summed E-state index contributed by atoms with van der Waals surface area (Å²) in [5.74, 6) is -4.60. The Morgan fingerprint density at radius 2 is 1.79 bits per heavy atom. The number of anilines is 1. The molecule has 5 nitrogen and oxygen atoms in total. The van der Waals surface area contributed by atoms with Gasteiger partial charge in [-0.25, -0.2) is 18.2 Å². The standard InChI is InChI=1S/C21H25F3N4O/c1-3-25-21(27-14(2)9-10-15-7-5-4-6-8-15)26-13-18(29)28-17-12-11-16(22)19(23)20(17)24/h4-8,11-12,14H,3,9-10,13H2,1-2H3,(H,28,29)(H2,25,26,27). The minimum Gasteiger partial charge on any atom is -0.357 e. The lowest BCUT2D eigenvalue weighted by molar-refractivity contribution is -0.114. The summed E-state index contributed by atoms with van der Waals surface area (Å²) in [6.07, 6.45) is 1.75. The van der Waals surface area contributed by atoms with E-state index >= 15 is 0 Å².